The van der Waals surface area contributed by atoms with Crippen LogP contribution >= 0.6 is 0 Å². The number of nitrogen functional groups attached to an aromatic ring is 1. The van der Waals surface area contributed by atoms with Gasteiger partial charge >= 0.3 is 6.01 Å². The van der Waals surface area contributed by atoms with Crippen molar-refractivity contribution < 1.29 is 18.3 Å². The Hall–Kier alpha value is -3.09. The van der Waals surface area contributed by atoms with Gasteiger partial charge in [0, 0.05) is 5.56 Å². The Bertz CT molecular complexity index is 820. The minimum atomic E-state index is -0.303. The highest BCUT2D eigenvalue weighted by Gasteiger charge is 2.11. The van der Waals surface area contributed by atoms with Crippen molar-refractivity contribution in [2.45, 2.75) is 6.61 Å². The van der Waals surface area contributed by atoms with Crippen LogP contribution in [0.25, 0.3) is 11.5 Å². The normalized spacial score (nSPS) is 10.5. The smallest absolute Gasteiger partial charge is 0.313 e. The van der Waals surface area contributed by atoms with E-state index < -0.39 is 0 Å². The molecule has 1 aromatic heterocycles. The molecule has 0 atom stereocenters. The average molecular weight is 315 g/mol. The van der Waals surface area contributed by atoms with Crippen LogP contribution in [0.2, 0.25) is 0 Å². The summed E-state index contributed by atoms with van der Waals surface area (Å²) in [5.74, 6) is 1.00. The number of rotatable bonds is 5. The first kappa shape index (κ1) is 14.8. The number of hydrogen-bond donors (Lipinski definition) is 1. The van der Waals surface area contributed by atoms with E-state index in [0.29, 0.717) is 17.1 Å². The van der Waals surface area contributed by atoms with Crippen molar-refractivity contribution in [1.82, 2.24) is 10.2 Å². The summed E-state index contributed by atoms with van der Waals surface area (Å²) in [5, 5.41) is 7.42. The van der Waals surface area contributed by atoms with Gasteiger partial charge in [-0.25, -0.2) is 4.39 Å². The van der Waals surface area contributed by atoms with E-state index in [1.54, 1.807) is 30.3 Å². The molecule has 0 saturated carbocycles. The predicted octanol–water partition coefficient (Wildman–Crippen LogP) is 3.05. The summed E-state index contributed by atoms with van der Waals surface area (Å²) in [6, 6.07) is 11.4. The predicted molar refractivity (Wildman–Crippen MR) is 81.4 cm³/mol. The van der Waals surface area contributed by atoms with Gasteiger partial charge in [-0.1, -0.05) is 17.2 Å². The zero-order valence-corrected chi connectivity index (χ0v) is 12.3. The third-order valence-electron chi connectivity index (χ3n) is 3.13. The Kier molecular flexibility index (Phi) is 4.09. The van der Waals surface area contributed by atoms with Crippen molar-refractivity contribution in [3.8, 4) is 23.0 Å². The Morgan fingerprint density at radius 3 is 2.70 bits per heavy atom. The van der Waals surface area contributed by atoms with Crippen molar-refractivity contribution in [2.75, 3.05) is 12.8 Å². The lowest BCUT2D eigenvalue weighted by atomic mass is 10.2. The van der Waals surface area contributed by atoms with Crippen LogP contribution in [0.15, 0.2) is 46.9 Å². The molecule has 2 aromatic carbocycles. The molecule has 23 heavy (non-hydrogen) atoms. The first-order chi connectivity index (χ1) is 11.2. The van der Waals surface area contributed by atoms with E-state index in [1.807, 2.05) is 0 Å². The van der Waals surface area contributed by atoms with Crippen molar-refractivity contribution in [3.63, 3.8) is 0 Å². The van der Waals surface area contributed by atoms with E-state index >= 15 is 0 Å². The second-order valence-electron chi connectivity index (χ2n) is 4.73. The first-order valence-corrected chi connectivity index (χ1v) is 6.80. The Morgan fingerprint density at radius 2 is 2.00 bits per heavy atom. The molecule has 6 nitrogen and oxygen atoms in total. The highest BCUT2D eigenvalue weighted by atomic mass is 19.1. The number of benzene rings is 2. The summed E-state index contributed by atoms with van der Waals surface area (Å²) < 4.78 is 29.3. The lowest BCUT2D eigenvalue weighted by Crippen LogP contribution is -1.98. The minimum absolute atomic E-state index is 0.00889. The fourth-order valence-electron chi connectivity index (χ4n) is 2.06. The van der Waals surface area contributed by atoms with E-state index in [0.717, 1.165) is 5.56 Å². The van der Waals surface area contributed by atoms with Gasteiger partial charge in [-0.15, -0.1) is 5.10 Å². The zero-order valence-electron chi connectivity index (χ0n) is 12.3. The van der Waals surface area contributed by atoms with Crippen LogP contribution in [0.3, 0.4) is 0 Å². The van der Waals surface area contributed by atoms with Crippen LogP contribution in [0.1, 0.15) is 5.56 Å². The van der Waals surface area contributed by atoms with Gasteiger partial charge in [0.15, 0.2) is 11.5 Å². The van der Waals surface area contributed by atoms with Gasteiger partial charge in [-0.05, 0) is 35.9 Å². The Labute approximate surface area is 131 Å². The topological polar surface area (TPSA) is 83.4 Å². The molecule has 7 heteroatoms. The standard InChI is InChI=1S/C16H14FN3O3/c1-21-14-8-11(15-19-20-16(18)23-15)5-6-13(14)22-9-10-3-2-4-12(17)7-10/h2-8H,9H2,1H3,(H2,18,20). The highest BCUT2D eigenvalue weighted by molar-refractivity contribution is 5.60. The molecule has 2 N–H and O–H groups in total. The van der Waals surface area contributed by atoms with Gasteiger partial charge < -0.3 is 19.6 Å². The molecule has 0 unspecified atom stereocenters. The fourth-order valence-corrected chi connectivity index (χ4v) is 2.06. The average Bonchev–Trinajstić information content (AvgIpc) is 2.99. The van der Waals surface area contributed by atoms with E-state index in [1.165, 1.54) is 19.2 Å². The lowest BCUT2D eigenvalue weighted by molar-refractivity contribution is 0.284. The maximum atomic E-state index is 13.2. The molecule has 3 aromatic rings. The van der Waals surface area contributed by atoms with Gasteiger partial charge in [0.05, 0.1) is 7.11 Å². The Balaban J connectivity index is 1.79. The highest BCUT2D eigenvalue weighted by Crippen LogP contribution is 2.32. The SMILES string of the molecule is COc1cc(-c2nnc(N)o2)ccc1OCc1cccc(F)c1. The third-order valence-corrected chi connectivity index (χ3v) is 3.13. The summed E-state index contributed by atoms with van der Waals surface area (Å²) in [7, 11) is 1.52. The van der Waals surface area contributed by atoms with Crippen LogP contribution < -0.4 is 15.2 Å². The van der Waals surface area contributed by atoms with E-state index in [2.05, 4.69) is 10.2 Å². The van der Waals surface area contributed by atoms with Crippen molar-refractivity contribution in [3.05, 3.63) is 53.8 Å². The number of nitrogens with zero attached hydrogens (tertiary/aromatic N) is 2. The third kappa shape index (κ3) is 3.39. The van der Waals surface area contributed by atoms with E-state index in [4.69, 9.17) is 19.6 Å². The van der Waals surface area contributed by atoms with Crippen LogP contribution in [-0.4, -0.2) is 17.3 Å². The van der Waals surface area contributed by atoms with Gasteiger partial charge in [0.2, 0.25) is 5.89 Å². The van der Waals surface area contributed by atoms with E-state index in [-0.39, 0.29) is 24.3 Å². The monoisotopic (exact) mass is 315 g/mol. The molecule has 0 spiro atoms. The van der Waals surface area contributed by atoms with Crippen LogP contribution in [0, 0.1) is 5.82 Å². The molecule has 1 heterocycles. The Morgan fingerprint density at radius 1 is 1.13 bits per heavy atom. The number of hydrogen-bond acceptors (Lipinski definition) is 6. The molecule has 0 amide bonds. The fraction of sp³-hybridized carbons (Fsp3) is 0.125. The quantitative estimate of drug-likeness (QED) is 0.779. The lowest BCUT2D eigenvalue weighted by Gasteiger charge is -2.11. The van der Waals surface area contributed by atoms with Gasteiger partial charge in [-0.3, -0.25) is 0 Å². The maximum absolute atomic E-state index is 13.2. The second kappa shape index (κ2) is 6.35. The minimum Gasteiger partial charge on any atom is -0.493 e. The van der Waals surface area contributed by atoms with Gasteiger partial charge in [0.25, 0.3) is 0 Å². The van der Waals surface area contributed by atoms with Crippen LogP contribution in [-0.2, 0) is 6.61 Å². The molecule has 0 fully saturated rings. The summed E-state index contributed by atoms with van der Waals surface area (Å²) >= 11 is 0. The van der Waals surface area contributed by atoms with Crippen molar-refractivity contribution in [2.24, 2.45) is 0 Å². The summed E-state index contributed by atoms with van der Waals surface area (Å²) in [6.45, 7) is 0.223. The number of anilines is 1. The second-order valence-corrected chi connectivity index (χ2v) is 4.73. The first-order valence-electron chi connectivity index (χ1n) is 6.80. The van der Waals surface area contributed by atoms with Gasteiger partial charge in [-0.2, -0.15) is 0 Å². The zero-order chi connectivity index (χ0) is 16.2. The molecule has 0 aliphatic rings. The number of ether oxygens (including phenoxy) is 2. The maximum Gasteiger partial charge on any atom is 0.313 e. The van der Waals surface area contributed by atoms with Crippen LogP contribution in [0.4, 0.5) is 10.4 Å². The number of nitrogens with two attached hydrogens (primary N) is 1. The molecular weight excluding hydrogens is 301 g/mol. The molecule has 0 bridgehead atoms. The molecule has 0 aliphatic carbocycles. The molecule has 0 aliphatic heterocycles. The molecule has 0 saturated heterocycles. The summed E-state index contributed by atoms with van der Waals surface area (Å²) in [6.07, 6.45) is 0. The number of methoxy groups -OCH3 is 1. The largest absolute Gasteiger partial charge is 0.493 e. The number of aromatic nitrogens is 2. The number of halogens is 1. The molecule has 3 rings (SSSR count). The summed E-state index contributed by atoms with van der Waals surface area (Å²) in [5.41, 5.74) is 6.79. The van der Waals surface area contributed by atoms with Crippen LogP contribution in [0.5, 0.6) is 11.5 Å². The van der Waals surface area contributed by atoms with Gasteiger partial charge in [0.1, 0.15) is 12.4 Å². The van der Waals surface area contributed by atoms with Crippen molar-refractivity contribution >= 4 is 6.01 Å². The summed E-state index contributed by atoms with van der Waals surface area (Å²) in [4.78, 5) is 0. The molecule has 0 radical (unpaired) electrons. The van der Waals surface area contributed by atoms with Crippen molar-refractivity contribution in [1.29, 1.82) is 0 Å². The molecule has 118 valence electrons. The van der Waals surface area contributed by atoms with E-state index in [9.17, 15) is 4.39 Å². The molecular formula is C16H14FN3O3.